The molecule has 2 N–H and O–H groups in total. The van der Waals surface area contributed by atoms with Crippen LogP contribution in [0.2, 0.25) is 5.02 Å². The molecule has 2 aromatic rings. The highest BCUT2D eigenvalue weighted by Gasteiger charge is 2.03. The van der Waals surface area contributed by atoms with Gasteiger partial charge in [-0.15, -0.1) is 0 Å². The molecule has 3 nitrogen and oxygen atoms in total. The lowest BCUT2D eigenvalue weighted by Crippen LogP contribution is -2.19. The van der Waals surface area contributed by atoms with Crippen molar-refractivity contribution in [1.82, 2.24) is 0 Å². The molecule has 0 radical (unpaired) electrons. The predicted octanol–water partition coefficient (Wildman–Crippen LogP) is 4.29. The number of halogens is 1. The quantitative estimate of drug-likeness (QED) is 0.831. The van der Waals surface area contributed by atoms with Crippen LogP contribution in [0.1, 0.15) is 5.56 Å². The maximum atomic E-state index is 11.8. The molecule has 0 aliphatic rings. The van der Waals surface area contributed by atoms with E-state index >= 15 is 0 Å². The van der Waals surface area contributed by atoms with Gasteiger partial charge in [-0.3, -0.25) is 0 Å². The van der Waals surface area contributed by atoms with Gasteiger partial charge in [-0.25, -0.2) is 4.79 Å². The summed E-state index contributed by atoms with van der Waals surface area (Å²) < 4.78 is 0. The molecule has 0 atom stereocenters. The number of carbonyl (C=O) groups excluding carboxylic acids is 1. The van der Waals surface area contributed by atoms with Gasteiger partial charge in [-0.05, 0) is 42.8 Å². The van der Waals surface area contributed by atoms with E-state index < -0.39 is 0 Å². The molecular formula is C14H13ClN2O. The van der Waals surface area contributed by atoms with Gasteiger partial charge in [0.1, 0.15) is 0 Å². The van der Waals surface area contributed by atoms with Crippen molar-refractivity contribution in [2.75, 3.05) is 10.6 Å². The van der Waals surface area contributed by atoms with Crippen molar-refractivity contribution < 1.29 is 4.79 Å². The van der Waals surface area contributed by atoms with Crippen LogP contribution < -0.4 is 10.6 Å². The number of carbonyl (C=O) groups is 1. The van der Waals surface area contributed by atoms with Crippen LogP contribution in [0, 0.1) is 6.92 Å². The zero-order chi connectivity index (χ0) is 13.0. The fraction of sp³-hybridized carbons (Fsp3) is 0.0714. The first-order chi connectivity index (χ1) is 8.65. The van der Waals surface area contributed by atoms with Gasteiger partial charge in [0.15, 0.2) is 0 Å². The summed E-state index contributed by atoms with van der Waals surface area (Å²) in [6.07, 6.45) is 0. The molecule has 2 amide bonds. The number of urea groups is 1. The minimum Gasteiger partial charge on any atom is -0.308 e. The number of aryl methyl sites for hydroxylation is 1. The standard InChI is InChI=1S/C14H13ClN2O/c1-10-4-2-3-5-13(10)17-14(18)16-12-8-6-11(15)7-9-12/h2-9H,1H3,(H2,16,17,18). The molecule has 0 bridgehead atoms. The van der Waals surface area contributed by atoms with Crippen molar-refractivity contribution in [2.24, 2.45) is 0 Å². The molecule has 0 spiro atoms. The Labute approximate surface area is 111 Å². The average Bonchev–Trinajstić information content (AvgIpc) is 2.35. The number of hydrogen-bond donors (Lipinski definition) is 2. The van der Waals surface area contributed by atoms with E-state index in [2.05, 4.69) is 10.6 Å². The van der Waals surface area contributed by atoms with Gasteiger partial charge >= 0.3 is 6.03 Å². The Morgan fingerprint density at radius 2 is 1.67 bits per heavy atom. The van der Waals surface area contributed by atoms with E-state index in [1.165, 1.54) is 0 Å². The van der Waals surface area contributed by atoms with Crippen molar-refractivity contribution in [3.63, 3.8) is 0 Å². The number of amides is 2. The summed E-state index contributed by atoms with van der Waals surface area (Å²) in [5, 5.41) is 6.17. The average molecular weight is 261 g/mol. The van der Waals surface area contributed by atoms with E-state index in [4.69, 9.17) is 11.6 Å². The van der Waals surface area contributed by atoms with Gasteiger partial charge in [-0.2, -0.15) is 0 Å². The molecule has 92 valence electrons. The molecule has 0 unspecified atom stereocenters. The molecule has 0 saturated heterocycles. The van der Waals surface area contributed by atoms with Crippen molar-refractivity contribution in [1.29, 1.82) is 0 Å². The van der Waals surface area contributed by atoms with Gasteiger partial charge in [-0.1, -0.05) is 29.8 Å². The second kappa shape index (κ2) is 5.56. The van der Waals surface area contributed by atoms with Crippen LogP contribution in [-0.2, 0) is 0 Å². The Balaban J connectivity index is 2.01. The highest BCUT2D eigenvalue weighted by molar-refractivity contribution is 6.30. The van der Waals surface area contributed by atoms with E-state index in [0.717, 1.165) is 11.3 Å². The fourth-order valence-corrected chi connectivity index (χ4v) is 1.66. The molecule has 0 aliphatic carbocycles. The number of para-hydroxylation sites is 1. The molecule has 2 aromatic carbocycles. The van der Waals surface area contributed by atoms with Crippen LogP contribution in [0.15, 0.2) is 48.5 Å². The van der Waals surface area contributed by atoms with E-state index in [-0.39, 0.29) is 6.03 Å². The largest absolute Gasteiger partial charge is 0.323 e. The summed E-state index contributed by atoms with van der Waals surface area (Å²) in [4.78, 5) is 11.8. The molecule has 18 heavy (non-hydrogen) atoms. The zero-order valence-corrected chi connectivity index (χ0v) is 10.7. The Kier molecular flexibility index (Phi) is 3.85. The number of nitrogens with one attached hydrogen (secondary N) is 2. The normalized spacial score (nSPS) is 9.89. The lowest BCUT2D eigenvalue weighted by molar-refractivity contribution is 0.262. The monoisotopic (exact) mass is 260 g/mol. The molecule has 0 saturated carbocycles. The summed E-state index contributed by atoms with van der Waals surface area (Å²) in [5.74, 6) is 0. The first kappa shape index (κ1) is 12.5. The van der Waals surface area contributed by atoms with Gasteiger partial charge in [0.2, 0.25) is 0 Å². The van der Waals surface area contributed by atoms with E-state index in [1.807, 2.05) is 31.2 Å². The van der Waals surface area contributed by atoms with Gasteiger partial charge in [0, 0.05) is 16.4 Å². The van der Waals surface area contributed by atoms with Crippen LogP contribution in [0.5, 0.6) is 0 Å². The summed E-state index contributed by atoms with van der Waals surface area (Å²) in [5.41, 5.74) is 2.51. The second-order valence-corrected chi connectivity index (χ2v) is 4.34. The van der Waals surface area contributed by atoms with E-state index in [9.17, 15) is 4.79 Å². The molecule has 0 fully saturated rings. The second-order valence-electron chi connectivity index (χ2n) is 3.90. The lowest BCUT2D eigenvalue weighted by Gasteiger charge is -2.09. The SMILES string of the molecule is Cc1ccccc1NC(=O)Nc1ccc(Cl)cc1. The molecule has 0 aliphatic heterocycles. The first-order valence-corrected chi connectivity index (χ1v) is 5.92. The molecule has 0 heterocycles. The summed E-state index contributed by atoms with van der Waals surface area (Å²) in [6, 6.07) is 14.3. The minimum absolute atomic E-state index is 0.272. The smallest absolute Gasteiger partial charge is 0.308 e. The Morgan fingerprint density at radius 3 is 2.33 bits per heavy atom. The lowest BCUT2D eigenvalue weighted by atomic mass is 10.2. The molecule has 4 heteroatoms. The maximum Gasteiger partial charge on any atom is 0.323 e. The topological polar surface area (TPSA) is 41.1 Å². The number of benzene rings is 2. The van der Waals surface area contributed by atoms with Crippen LogP contribution in [0.25, 0.3) is 0 Å². The third-order valence-corrected chi connectivity index (χ3v) is 2.75. The van der Waals surface area contributed by atoms with Crippen molar-refractivity contribution >= 4 is 29.0 Å². The zero-order valence-electron chi connectivity index (χ0n) is 9.91. The Morgan fingerprint density at radius 1 is 1.00 bits per heavy atom. The predicted molar refractivity (Wildman–Crippen MR) is 75.3 cm³/mol. The maximum absolute atomic E-state index is 11.8. The summed E-state index contributed by atoms with van der Waals surface area (Å²) in [6.45, 7) is 1.94. The van der Waals surface area contributed by atoms with Gasteiger partial charge < -0.3 is 10.6 Å². The van der Waals surface area contributed by atoms with Crippen molar-refractivity contribution in [3.8, 4) is 0 Å². The van der Waals surface area contributed by atoms with E-state index in [1.54, 1.807) is 24.3 Å². The van der Waals surface area contributed by atoms with Crippen molar-refractivity contribution in [2.45, 2.75) is 6.92 Å². The minimum atomic E-state index is -0.272. The summed E-state index contributed by atoms with van der Waals surface area (Å²) >= 11 is 5.77. The highest BCUT2D eigenvalue weighted by atomic mass is 35.5. The third kappa shape index (κ3) is 3.25. The van der Waals surface area contributed by atoms with Crippen LogP contribution >= 0.6 is 11.6 Å². The Bertz CT molecular complexity index is 552. The number of rotatable bonds is 2. The van der Waals surface area contributed by atoms with Crippen LogP contribution in [0.4, 0.5) is 16.2 Å². The van der Waals surface area contributed by atoms with Crippen molar-refractivity contribution in [3.05, 3.63) is 59.1 Å². The first-order valence-electron chi connectivity index (χ1n) is 5.54. The van der Waals surface area contributed by atoms with Crippen LogP contribution in [-0.4, -0.2) is 6.03 Å². The molecule has 2 rings (SSSR count). The number of hydrogen-bond acceptors (Lipinski definition) is 1. The van der Waals surface area contributed by atoms with E-state index in [0.29, 0.717) is 10.7 Å². The van der Waals surface area contributed by atoms with Crippen LogP contribution in [0.3, 0.4) is 0 Å². The fourth-order valence-electron chi connectivity index (χ4n) is 1.53. The molecular weight excluding hydrogens is 248 g/mol. The van der Waals surface area contributed by atoms with Gasteiger partial charge in [0.25, 0.3) is 0 Å². The Hall–Kier alpha value is -2.00. The highest BCUT2D eigenvalue weighted by Crippen LogP contribution is 2.15. The third-order valence-electron chi connectivity index (χ3n) is 2.50. The molecule has 0 aromatic heterocycles. The van der Waals surface area contributed by atoms with Gasteiger partial charge in [0.05, 0.1) is 0 Å². The number of anilines is 2. The summed E-state index contributed by atoms with van der Waals surface area (Å²) in [7, 11) is 0.